The maximum Gasteiger partial charge on any atom is 0.410 e. The number of piperidine rings is 1. The number of ether oxygens (including phenoxy) is 1. The van der Waals surface area contributed by atoms with Gasteiger partial charge in [0.15, 0.2) is 5.92 Å². The van der Waals surface area contributed by atoms with Crippen LogP contribution in [0.2, 0.25) is 0 Å². The Hall–Kier alpha value is -2.57. The maximum absolute atomic E-state index is 12.1. The second-order valence-corrected chi connectivity index (χ2v) is 6.63. The van der Waals surface area contributed by atoms with E-state index in [0.717, 1.165) is 24.8 Å². The van der Waals surface area contributed by atoms with Crippen LogP contribution in [0.4, 0.5) is 4.79 Å². The van der Waals surface area contributed by atoms with E-state index < -0.39 is 17.9 Å². The topological polar surface area (TPSA) is 104 Å². The van der Waals surface area contributed by atoms with Crippen molar-refractivity contribution in [3.8, 4) is 0 Å². The number of carbonyl (C=O) groups is 3. The van der Waals surface area contributed by atoms with E-state index in [1.165, 1.54) is 0 Å². The molecule has 0 aliphatic carbocycles. The van der Waals surface area contributed by atoms with Crippen LogP contribution in [0.1, 0.15) is 37.7 Å². The van der Waals surface area contributed by atoms with Gasteiger partial charge in [-0.15, -0.1) is 0 Å². The molecular formula is C19H25NO6. The van der Waals surface area contributed by atoms with Crippen molar-refractivity contribution in [1.29, 1.82) is 0 Å². The first-order valence-corrected chi connectivity index (χ1v) is 8.88. The van der Waals surface area contributed by atoms with Crippen LogP contribution in [-0.4, -0.2) is 46.2 Å². The Morgan fingerprint density at radius 2 is 1.69 bits per heavy atom. The van der Waals surface area contributed by atoms with Gasteiger partial charge in [-0.05, 0) is 30.7 Å². The van der Waals surface area contributed by atoms with E-state index >= 15 is 0 Å². The Bertz CT molecular complexity index is 596. The van der Waals surface area contributed by atoms with Gasteiger partial charge in [0.05, 0.1) is 0 Å². The van der Waals surface area contributed by atoms with Crippen molar-refractivity contribution in [2.45, 2.75) is 38.7 Å². The zero-order chi connectivity index (χ0) is 18.9. The lowest BCUT2D eigenvalue weighted by Crippen LogP contribution is -2.38. The highest BCUT2D eigenvalue weighted by molar-refractivity contribution is 5.92. The summed E-state index contributed by atoms with van der Waals surface area (Å²) in [5.41, 5.74) is 0.946. The molecule has 0 spiro atoms. The molecule has 0 radical (unpaired) electrons. The summed E-state index contributed by atoms with van der Waals surface area (Å²) >= 11 is 0. The summed E-state index contributed by atoms with van der Waals surface area (Å²) < 4.78 is 5.32. The van der Waals surface area contributed by atoms with Crippen molar-refractivity contribution in [2.75, 3.05) is 13.1 Å². The van der Waals surface area contributed by atoms with E-state index in [0.29, 0.717) is 25.4 Å². The molecule has 2 rings (SSSR count). The van der Waals surface area contributed by atoms with Crippen molar-refractivity contribution in [1.82, 2.24) is 4.90 Å². The number of nitrogens with zero attached hydrogens (tertiary/aromatic N) is 1. The molecule has 142 valence electrons. The molecular weight excluding hydrogens is 338 g/mol. The predicted octanol–water partition coefficient (Wildman–Crippen LogP) is 2.99. The van der Waals surface area contributed by atoms with E-state index in [2.05, 4.69) is 0 Å². The molecule has 0 aromatic heterocycles. The Labute approximate surface area is 152 Å². The fourth-order valence-corrected chi connectivity index (χ4v) is 3.18. The molecule has 7 heteroatoms. The van der Waals surface area contributed by atoms with Crippen molar-refractivity contribution >= 4 is 18.0 Å². The first-order chi connectivity index (χ1) is 12.5. The average molecular weight is 363 g/mol. The summed E-state index contributed by atoms with van der Waals surface area (Å²) in [4.78, 5) is 35.5. The number of hydrogen-bond acceptors (Lipinski definition) is 4. The highest BCUT2D eigenvalue weighted by Crippen LogP contribution is 2.24. The van der Waals surface area contributed by atoms with E-state index in [9.17, 15) is 14.4 Å². The van der Waals surface area contributed by atoms with E-state index in [1.807, 2.05) is 30.3 Å². The van der Waals surface area contributed by atoms with Gasteiger partial charge in [0.2, 0.25) is 0 Å². The molecule has 1 saturated heterocycles. The molecule has 7 nitrogen and oxygen atoms in total. The van der Waals surface area contributed by atoms with Crippen molar-refractivity contribution < 1.29 is 29.3 Å². The van der Waals surface area contributed by atoms with Crippen LogP contribution in [0.5, 0.6) is 0 Å². The number of hydrogen-bond donors (Lipinski definition) is 2. The van der Waals surface area contributed by atoms with E-state index in [4.69, 9.17) is 14.9 Å². The normalized spacial score (nSPS) is 15.0. The molecule has 1 amide bonds. The molecule has 1 aliphatic heterocycles. The fraction of sp³-hybridized carbons (Fsp3) is 0.526. The lowest BCUT2D eigenvalue weighted by molar-refractivity contribution is -0.154. The van der Waals surface area contributed by atoms with E-state index in [-0.39, 0.29) is 19.1 Å². The molecule has 0 unspecified atom stereocenters. The van der Waals surface area contributed by atoms with Crippen LogP contribution >= 0.6 is 0 Å². The molecule has 1 heterocycles. The molecule has 0 atom stereocenters. The molecule has 26 heavy (non-hydrogen) atoms. The third-order valence-corrected chi connectivity index (χ3v) is 4.78. The van der Waals surface area contributed by atoms with Gasteiger partial charge in [-0.1, -0.05) is 43.2 Å². The van der Waals surface area contributed by atoms with Crippen molar-refractivity contribution in [3.05, 3.63) is 35.9 Å². The monoisotopic (exact) mass is 363 g/mol. The van der Waals surface area contributed by atoms with Crippen molar-refractivity contribution in [3.63, 3.8) is 0 Å². The molecule has 2 N–H and O–H groups in total. The second-order valence-electron chi connectivity index (χ2n) is 6.63. The van der Waals surface area contributed by atoms with Gasteiger partial charge < -0.3 is 19.8 Å². The van der Waals surface area contributed by atoms with Gasteiger partial charge in [0, 0.05) is 13.1 Å². The number of rotatable bonds is 8. The largest absolute Gasteiger partial charge is 0.481 e. The molecule has 1 fully saturated rings. The smallest absolute Gasteiger partial charge is 0.410 e. The first-order valence-electron chi connectivity index (χ1n) is 8.88. The number of carbonyl (C=O) groups excluding carboxylic acids is 1. The predicted molar refractivity (Wildman–Crippen MR) is 93.5 cm³/mol. The van der Waals surface area contributed by atoms with Gasteiger partial charge in [0.1, 0.15) is 6.61 Å². The number of likely N-dealkylation sites (tertiary alicyclic amines) is 1. The van der Waals surface area contributed by atoms with Crippen LogP contribution < -0.4 is 0 Å². The van der Waals surface area contributed by atoms with Gasteiger partial charge in [-0.25, -0.2) is 4.79 Å². The zero-order valence-corrected chi connectivity index (χ0v) is 14.7. The standard InChI is InChI=1S/C19H25NO6/c21-17(22)16(18(23)24)8-4-7-14-9-11-20(12-10-14)19(25)26-13-15-5-2-1-3-6-15/h1-3,5-6,14,16H,4,7-13H2,(H,21,22)(H,23,24). The summed E-state index contributed by atoms with van der Waals surface area (Å²) in [6.07, 6.45) is 2.82. The minimum Gasteiger partial charge on any atom is -0.481 e. The van der Waals surface area contributed by atoms with Crippen LogP contribution in [-0.2, 0) is 20.9 Å². The van der Waals surface area contributed by atoms with Crippen molar-refractivity contribution in [2.24, 2.45) is 11.8 Å². The van der Waals surface area contributed by atoms with Crippen LogP contribution in [0, 0.1) is 11.8 Å². The molecule has 1 aliphatic rings. The maximum atomic E-state index is 12.1. The summed E-state index contributed by atoms with van der Waals surface area (Å²) in [6, 6.07) is 9.51. The van der Waals surface area contributed by atoms with Gasteiger partial charge in [0.25, 0.3) is 0 Å². The highest BCUT2D eigenvalue weighted by Gasteiger charge is 2.27. The van der Waals surface area contributed by atoms with Gasteiger partial charge in [-0.3, -0.25) is 9.59 Å². The minimum atomic E-state index is -1.33. The summed E-state index contributed by atoms with van der Waals surface area (Å²) in [6.45, 7) is 1.48. The number of carboxylic acids is 2. The minimum absolute atomic E-state index is 0.143. The average Bonchev–Trinajstić information content (AvgIpc) is 2.64. The summed E-state index contributed by atoms with van der Waals surface area (Å²) in [5, 5.41) is 17.7. The van der Waals surface area contributed by atoms with Crippen LogP contribution in [0.15, 0.2) is 30.3 Å². The highest BCUT2D eigenvalue weighted by atomic mass is 16.6. The summed E-state index contributed by atoms with van der Waals surface area (Å²) in [5.74, 6) is -3.51. The van der Waals surface area contributed by atoms with Gasteiger partial charge in [-0.2, -0.15) is 0 Å². The molecule has 0 saturated carbocycles. The lowest BCUT2D eigenvalue weighted by Gasteiger charge is -2.31. The molecule has 1 aromatic rings. The number of benzene rings is 1. The number of amides is 1. The Morgan fingerprint density at radius 1 is 1.08 bits per heavy atom. The number of aliphatic carboxylic acids is 2. The third kappa shape index (κ3) is 6.06. The van der Waals surface area contributed by atoms with Crippen LogP contribution in [0.3, 0.4) is 0 Å². The number of carboxylic acid groups (broad SMARTS) is 2. The molecule has 1 aromatic carbocycles. The summed E-state index contributed by atoms with van der Waals surface area (Å²) in [7, 11) is 0. The van der Waals surface area contributed by atoms with Crippen LogP contribution in [0.25, 0.3) is 0 Å². The third-order valence-electron chi connectivity index (χ3n) is 4.78. The SMILES string of the molecule is O=C(O)C(CCCC1CCN(C(=O)OCc2ccccc2)CC1)C(=O)O. The van der Waals surface area contributed by atoms with E-state index in [1.54, 1.807) is 4.90 Å². The quantitative estimate of drug-likeness (QED) is 0.688. The zero-order valence-electron chi connectivity index (χ0n) is 14.7. The Morgan fingerprint density at radius 3 is 2.27 bits per heavy atom. The van der Waals surface area contributed by atoms with Gasteiger partial charge >= 0.3 is 18.0 Å². The Balaban J connectivity index is 1.66. The second kappa shape index (κ2) is 9.79. The Kier molecular flexibility index (Phi) is 7.44. The first kappa shape index (κ1) is 19.8. The molecule has 0 bridgehead atoms. The lowest BCUT2D eigenvalue weighted by atomic mass is 9.90. The fourth-order valence-electron chi connectivity index (χ4n) is 3.18.